The summed E-state index contributed by atoms with van der Waals surface area (Å²) in [6.07, 6.45) is 30.8. The lowest BCUT2D eigenvalue weighted by atomic mass is 9.67. The van der Waals surface area contributed by atoms with Crippen molar-refractivity contribution in [2.75, 3.05) is 0 Å². The number of benzene rings is 6. The Morgan fingerprint density at radius 2 is 0.829 bits per heavy atom. The molecule has 0 fully saturated rings. The highest BCUT2D eigenvalue weighted by molar-refractivity contribution is 5.90. The highest BCUT2D eigenvalue weighted by atomic mass is 14.4. The zero-order valence-electron chi connectivity index (χ0n) is 40.8. The molecular formula is C70H58. The standard InChI is InChI=1S/C70H58/c1-69(2)61-29-17-16-20-49(61)50-38-35-47(41-63(50)69)67-59-27-14-10-23-55(59)66(56-24-11-15-28-60(56)67)45-32-30-43(31-33-45)46-34-37-51-52-39-36-48(42-64(52)70(3,4)62(51)40-46)68-57-25-12-8-21-53(57)65(44-18-6-5-7-19-44)54-22-9-13-26-58(54)68/h5-30,32,34,36-37,39-42,53,55,57,59H,31,33,35,38H2,1-4H3. The average molecular weight is 899 g/mol. The molecule has 6 aromatic carbocycles. The van der Waals surface area contributed by atoms with E-state index >= 15 is 0 Å². The predicted molar refractivity (Wildman–Crippen MR) is 293 cm³/mol. The van der Waals surface area contributed by atoms with Gasteiger partial charge < -0.3 is 0 Å². The van der Waals surface area contributed by atoms with Crippen LogP contribution in [0.15, 0.2) is 223 Å². The molecule has 0 nitrogen and oxygen atoms in total. The van der Waals surface area contributed by atoms with Crippen molar-refractivity contribution in [1.29, 1.82) is 0 Å². The SMILES string of the molecule is CC1(C)C2=C(CCC(C3=c4ccccc4=C(C4=CC=C(c5ccc6c(c5)C(C)(C)c5cc(C7=c8ccccc8=C(c8ccccc8)C8C=CC=CC78)ccc5-6)CC4)C4C=CC=CC34)=C2)c2ccccc21. The number of hydrogen-bond acceptors (Lipinski definition) is 0. The summed E-state index contributed by atoms with van der Waals surface area (Å²) >= 11 is 0. The van der Waals surface area contributed by atoms with E-state index in [-0.39, 0.29) is 22.7 Å². The van der Waals surface area contributed by atoms with E-state index in [9.17, 15) is 0 Å². The molecule has 0 N–H and O–H groups in total. The van der Waals surface area contributed by atoms with Crippen molar-refractivity contribution in [1.82, 2.24) is 0 Å². The van der Waals surface area contributed by atoms with E-state index in [1.54, 1.807) is 5.57 Å². The Kier molecular flexibility index (Phi) is 9.30. The molecule has 0 aromatic heterocycles. The van der Waals surface area contributed by atoms with Crippen molar-refractivity contribution in [3.8, 4) is 11.1 Å². The van der Waals surface area contributed by atoms with Gasteiger partial charge in [0.05, 0.1) is 0 Å². The Morgan fingerprint density at radius 1 is 0.357 bits per heavy atom. The molecule has 0 aliphatic heterocycles. The molecule has 8 aliphatic carbocycles. The lowest BCUT2D eigenvalue weighted by Gasteiger charge is -2.36. The van der Waals surface area contributed by atoms with E-state index in [2.05, 4.69) is 234 Å². The maximum Gasteiger partial charge on any atom is 0.0159 e. The fourth-order valence-electron chi connectivity index (χ4n) is 14.5. The Bertz CT molecular complexity index is 3820. The predicted octanol–water partition coefficient (Wildman–Crippen LogP) is 13.7. The van der Waals surface area contributed by atoms with Crippen molar-refractivity contribution >= 4 is 33.4 Å². The largest absolute Gasteiger partial charge is 0.0761 e. The molecule has 6 aromatic rings. The summed E-state index contributed by atoms with van der Waals surface area (Å²) in [5.74, 6) is 1.17. The minimum atomic E-state index is -0.139. The molecule has 4 unspecified atom stereocenters. The van der Waals surface area contributed by atoms with Gasteiger partial charge in [-0.25, -0.2) is 0 Å². The van der Waals surface area contributed by atoms with E-state index in [1.807, 2.05) is 0 Å². The summed E-state index contributed by atoms with van der Waals surface area (Å²) in [7, 11) is 0. The first-order chi connectivity index (χ1) is 34.3. The van der Waals surface area contributed by atoms with Gasteiger partial charge in [-0.15, -0.1) is 0 Å². The van der Waals surface area contributed by atoms with Gasteiger partial charge in [0.25, 0.3) is 0 Å². The number of hydrogen-bond donors (Lipinski definition) is 0. The van der Waals surface area contributed by atoms with E-state index in [0.29, 0.717) is 11.8 Å². The van der Waals surface area contributed by atoms with Crippen LogP contribution in [0.25, 0.3) is 44.6 Å². The van der Waals surface area contributed by atoms with Crippen molar-refractivity contribution in [2.45, 2.75) is 64.2 Å². The average Bonchev–Trinajstić information content (AvgIpc) is 3.77. The van der Waals surface area contributed by atoms with Gasteiger partial charge in [0, 0.05) is 34.5 Å². The molecule has 0 heteroatoms. The molecule has 0 heterocycles. The molecule has 8 aliphatic rings. The number of fused-ring (bicyclic) bond motifs is 9. The van der Waals surface area contributed by atoms with E-state index in [1.165, 1.54) is 116 Å². The highest BCUT2D eigenvalue weighted by Crippen LogP contribution is 2.54. The molecular weight excluding hydrogens is 841 g/mol. The molecule has 0 saturated heterocycles. The molecule has 0 radical (unpaired) electrons. The van der Waals surface area contributed by atoms with Crippen LogP contribution in [0.1, 0.15) is 92.3 Å². The van der Waals surface area contributed by atoms with Gasteiger partial charge in [0.2, 0.25) is 0 Å². The summed E-state index contributed by atoms with van der Waals surface area (Å²) < 4.78 is 0. The fourth-order valence-corrected chi connectivity index (χ4v) is 14.5. The lowest BCUT2D eigenvalue weighted by Crippen LogP contribution is -2.41. The van der Waals surface area contributed by atoms with Gasteiger partial charge in [-0.3, -0.25) is 0 Å². The van der Waals surface area contributed by atoms with E-state index < -0.39 is 0 Å². The summed E-state index contributed by atoms with van der Waals surface area (Å²) in [6, 6.07) is 53.4. The first-order valence-electron chi connectivity index (χ1n) is 25.9. The number of rotatable bonds is 5. The van der Waals surface area contributed by atoms with Gasteiger partial charge in [0.1, 0.15) is 0 Å². The summed E-state index contributed by atoms with van der Waals surface area (Å²) in [6.45, 7) is 9.75. The zero-order chi connectivity index (χ0) is 46.9. The van der Waals surface area contributed by atoms with Crippen LogP contribution in [0, 0.1) is 23.7 Å². The minimum Gasteiger partial charge on any atom is -0.0761 e. The normalized spacial score (nSPS) is 23.6. The Hall–Kier alpha value is -7.28. The Labute approximate surface area is 413 Å². The maximum absolute atomic E-state index is 2.61. The van der Waals surface area contributed by atoms with E-state index in [0.717, 1.165) is 25.7 Å². The summed E-state index contributed by atoms with van der Waals surface area (Å²) in [4.78, 5) is 0. The van der Waals surface area contributed by atoms with Crippen LogP contribution in [0.2, 0.25) is 0 Å². The Morgan fingerprint density at radius 3 is 1.44 bits per heavy atom. The first-order valence-corrected chi connectivity index (χ1v) is 25.9. The molecule has 70 heavy (non-hydrogen) atoms. The van der Waals surface area contributed by atoms with Crippen molar-refractivity contribution in [3.63, 3.8) is 0 Å². The molecule has 14 rings (SSSR count). The van der Waals surface area contributed by atoms with Crippen LogP contribution in [-0.2, 0) is 10.8 Å². The minimum absolute atomic E-state index is 0.00780. The fraction of sp³-hybridized carbons (Fsp3) is 0.200. The van der Waals surface area contributed by atoms with Gasteiger partial charge in [-0.05, 0) is 159 Å². The zero-order valence-corrected chi connectivity index (χ0v) is 40.8. The second-order valence-electron chi connectivity index (χ2n) is 22.0. The second-order valence-corrected chi connectivity index (χ2v) is 22.0. The second kappa shape index (κ2) is 15.6. The molecule has 0 saturated carbocycles. The van der Waals surface area contributed by atoms with Crippen LogP contribution in [0.3, 0.4) is 0 Å². The molecule has 4 atom stereocenters. The molecule has 0 spiro atoms. The third-order valence-corrected chi connectivity index (χ3v) is 17.8. The molecule has 338 valence electrons. The topological polar surface area (TPSA) is 0 Å². The van der Waals surface area contributed by atoms with Crippen molar-refractivity contribution < 1.29 is 0 Å². The molecule has 0 bridgehead atoms. The summed E-state index contributed by atoms with van der Waals surface area (Å²) in [5, 5.41) is 5.55. The quantitative estimate of drug-likeness (QED) is 0.162. The van der Waals surface area contributed by atoms with Crippen LogP contribution in [-0.4, -0.2) is 0 Å². The van der Waals surface area contributed by atoms with Crippen molar-refractivity contribution in [3.05, 3.63) is 283 Å². The van der Waals surface area contributed by atoms with Gasteiger partial charge in [-0.2, -0.15) is 0 Å². The van der Waals surface area contributed by atoms with Crippen LogP contribution >= 0.6 is 0 Å². The van der Waals surface area contributed by atoms with Gasteiger partial charge >= 0.3 is 0 Å². The third kappa shape index (κ3) is 6.08. The van der Waals surface area contributed by atoms with Crippen molar-refractivity contribution in [2.24, 2.45) is 23.7 Å². The number of allylic oxidation sites excluding steroid dienone is 16. The monoisotopic (exact) mass is 898 g/mol. The summed E-state index contributed by atoms with van der Waals surface area (Å²) in [5.41, 5.74) is 25.9. The molecule has 0 amide bonds. The van der Waals surface area contributed by atoms with Crippen LogP contribution in [0.5, 0.6) is 0 Å². The van der Waals surface area contributed by atoms with Gasteiger partial charge in [-0.1, -0.05) is 222 Å². The smallest absolute Gasteiger partial charge is 0.0159 e. The Balaban J connectivity index is 0.831. The third-order valence-electron chi connectivity index (χ3n) is 17.8. The maximum atomic E-state index is 2.61. The highest BCUT2D eigenvalue weighted by Gasteiger charge is 2.41. The van der Waals surface area contributed by atoms with Crippen LogP contribution < -0.4 is 20.9 Å². The van der Waals surface area contributed by atoms with E-state index in [4.69, 9.17) is 0 Å². The van der Waals surface area contributed by atoms with Crippen LogP contribution in [0.4, 0.5) is 0 Å². The van der Waals surface area contributed by atoms with Gasteiger partial charge in [0.15, 0.2) is 0 Å². The lowest BCUT2D eigenvalue weighted by molar-refractivity contribution is 0.646. The first kappa shape index (κ1) is 41.7.